The average Bonchev–Trinajstić information content (AvgIpc) is 3.08. The molecule has 3 aromatic rings. The maximum atomic E-state index is 5.54. The number of thiazole rings is 1. The molecule has 28 heavy (non-hydrogen) atoms. The maximum Gasteiger partial charge on any atom is 0.131 e. The van der Waals surface area contributed by atoms with Gasteiger partial charge in [0.1, 0.15) is 22.3 Å². The average molecular weight is 396 g/mol. The van der Waals surface area contributed by atoms with E-state index in [2.05, 4.69) is 21.3 Å². The van der Waals surface area contributed by atoms with Crippen molar-refractivity contribution in [3.63, 3.8) is 0 Å². The normalized spacial score (nSPS) is 14.6. The lowest BCUT2D eigenvalue weighted by molar-refractivity contribution is 0.395. The van der Waals surface area contributed by atoms with Gasteiger partial charge >= 0.3 is 0 Å². The third-order valence-corrected chi connectivity index (χ3v) is 6.00. The van der Waals surface area contributed by atoms with Crippen LogP contribution in [0.1, 0.15) is 25.7 Å². The van der Waals surface area contributed by atoms with Gasteiger partial charge in [-0.3, -0.25) is 0 Å². The molecular weight excluding hydrogens is 370 g/mol. The molecule has 6 heteroatoms. The van der Waals surface area contributed by atoms with Crippen molar-refractivity contribution in [3.05, 3.63) is 41.9 Å². The predicted molar refractivity (Wildman–Crippen MR) is 115 cm³/mol. The first kappa shape index (κ1) is 18.7. The van der Waals surface area contributed by atoms with Crippen LogP contribution in [0.5, 0.6) is 11.5 Å². The molecule has 0 unspecified atom stereocenters. The van der Waals surface area contributed by atoms with Crippen LogP contribution in [-0.4, -0.2) is 37.3 Å². The Balaban J connectivity index is 1.62. The Bertz CT molecular complexity index is 933. The van der Waals surface area contributed by atoms with Crippen molar-refractivity contribution < 1.29 is 9.47 Å². The van der Waals surface area contributed by atoms with Crippen LogP contribution in [0.25, 0.3) is 21.8 Å². The summed E-state index contributed by atoms with van der Waals surface area (Å²) in [6.07, 6.45) is 7.01. The smallest absolute Gasteiger partial charge is 0.131 e. The molecular formula is C22H25N3O2S. The lowest BCUT2D eigenvalue weighted by Crippen LogP contribution is -2.24. The Morgan fingerprint density at radius 1 is 0.964 bits per heavy atom. The first-order valence-corrected chi connectivity index (χ1v) is 10.6. The largest absolute Gasteiger partial charge is 0.497 e. The van der Waals surface area contributed by atoms with Crippen molar-refractivity contribution in [1.82, 2.24) is 9.97 Å². The van der Waals surface area contributed by atoms with Crippen LogP contribution in [-0.2, 0) is 0 Å². The summed E-state index contributed by atoms with van der Waals surface area (Å²) < 4.78 is 10.8. The van der Waals surface area contributed by atoms with E-state index in [1.807, 2.05) is 30.5 Å². The highest BCUT2D eigenvalue weighted by Gasteiger charge is 2.15. The molecule has 0 N–H and O–H groups in total. The van der Waals surface area contributed by atoms with Crippen molar-refractivity contribution in [3.8, 4) is 33.3 Å². The van der Waals surface area contributed by atoms with Gasteiger partial charge < -0.3 is 14.4 Å². The van der Waals surface area contributed by atoms with Crippen LogP contribution >= 0.6 is 11.3 Å². The molecule has 0 radical (unpaired) electrons. The Kier molecular flexibility index (Phi) is 5.76. The molecule has 5 nitrogen and oxygen atoms in total. The minimum absolute atomic E-state index is 0.760. The molecule has 1 aromatic carbocycles. The molecule has 0 bridgehead atoms. The molecule has 2 aromatic heterocycles. The molecule has 0 atom stereocenters. The van der Waals surface area contributed by atoms with Gasteiger partial charge in [-0.1, -0.05) is 12.8 Å². The summed E-state index contributed by atoms with van der Waals surface area (Å²) in [6.45, 7) is 2.17. The van der Waals surface area contributed by atoms with Gasteiger partial charge in [0, 0.05) is 41.9 Å². The summed E-state index contributed by atoms with van der Waals surface area (Å²) in [4.78, 5) is 11.9. The van der Waals surface area contributed by atoms with Gasteiger partial charge in [-0.25, -0.2) is 9.97 Å². The van der Waals surface area contributed by atoms with Crippen molar-refractivity contribution in [2.45, 2.75) is 25.7 Å². The molecule has 3 heterocycles. The number of hydrogen-bond acceptors (Lipinski definition) is 6. The second-order valence-corrected chi connectivity index (χ2v) is 7.77. The lowest BCUT2D eigenvalue weighted by atomic mass is 10.1. The number of aromatic nitrogens is 2. The Morgan fingerprint density at radius 2 is 1.79 bits per heavy atom. The Labute approximate surface area is 170 Å². The molecule has 1 aliphatic rings. The number of ether oxygens (including phenoxy) is 2. The third-order valence-electron chi connectivity index (χ3n) is 5.11. The SMILES string of the molecule is COc1ccc(-c2csc(-c3ccnc(N4CCCCCC4)c3)n2)c(OC)c1. The number of rotatable bonds is 5. The van der Waals surface area contributed by atoms with Crippen LogP contribution < -0.4 is 14.4 Å². The van der Waals surface area contributed by atoms with Gasteiger partial charge in [0.05, 0.1) is 19.9 Å². The van der Waals surface area contributed by atoms with Gasteiger partial charge in [0.2, 0.25) is 0 Å². The van der Waals surface area contributed by atoms with E-state index >= 15 is 0 Å². The highest BCUT2D eigenvalue weighted by molar-refractivity contribution is 7.13. The van der Waals surface area contributed by atoms with Gasteiger partial charge in [-0.15, -0.1) is 11.3 Å². The molecule has 0 aliphatic carbocycles. The van der Waals surface area contributed by atoms with Crippen LogP contribution in [0.3, 0.4) is 0 Å². The summed E-state index contributed by atoms with van der Waals surface area (Å²) in [7, 11) is 3.32. The molecule has 0 spiro atoms. The number of hydrogen-bond donors (Lipinski definition) is 0. The summed E-state index contributed by atoms with van der Waals surface area (Å²) >= 11 is 1.64. The van der Waals surface area contributed by atoms with E-state index in [4.69, 9.17) is 14.5 Å². The van der Waals surface area contributed by atoms with Gasteiger partial charge in [0.25, 0.3) is 0 Å². The van der Waals surface area contributed by atoms with E-state index in [1.165, 1.54) is 25.7 Å². The van der Waals surface area contributed by atoms with Gasteiger partial charge in [0.15, 0.2) is 0 Å². The van der Waals surface area contributed by atoms with Crippen molar-refractivity contribution in [2.75, 3.05) is 32.2 Å². The summed E-state index contributed by atoms with van der Waals surface area (Å²) in [6, 6.07) is 10.0. The van der Waals surface area contributed by atoms with E-state index in [0.717, 1.165) is 52.2 Å². The van der Waals surface area contributed by atoms with E-state index < -0.39 is 0 Å². The summed E-state index contributed by atoms with van der Waals surface area (Å²) in [5.41, 5.74) is 2.98. The van der Waals surface area contributed by atoms with E-state index in [1.54, 1.807) is 25.6 Å². The van der Waals surface area contributed by atoms with E-state index in [0.29, 0.717) is 0 Å². The van der Waals surface area contributed by atoms with Crippen molar-refractivity contribution in [1.29, 1.82) is 0 Å². The van der Waals surface area contributed by atoms with Crippen LogP contribution in [0.4, 0.5) is 5.82 Å². The quantitative estimate of drug-likeness (QED) is 0.589. The van der Waals surface area contributed by atoms with Crippen LogP contribution in [0.2, 0.25) is 0 Å². The fraction of sp³-hybridized carbons (Fsp3) is 0.364. The monoisotopic (exact) mass is 395 g/mol. The topological polar surface area (TPSA) is 47.5 Å². The minimum Gasteiger partial charge on any atom is -0.497 e. The van der Waals surface area contributed by atoms with Gasteiger partial charge in [-0.05, 0) is 37.1 Å². The lowest BCUT2D eigenvalue weighted by Gasteiger charge is -2.21. The number of benzene rings is 1. The summed E-state index contributed by atoms with van der Waals surface area (Å²) in [5, 5.41) is 3.07. The molecule has 1 aliphatic heterocycles. The maximum absolute atomic E-state index is 5.54. The molecule has 0 saturated carbocycles. The highest BCUT2D eigenvalue weighted by atomic mass is 32.1. The number of anilines is 1. The number of nitrogens with zero attached hydrogens (tertiary/aromatic N) is 3. The number of pyridine rings is 1. The van der Waals surface area contributed by atoms with Crippen LogP contribution in [0, 0.1) is 0 Å². The fourth-order valence-corrected chi connectivity index (χ4v) is 4.38. The molecule has 1 fully saturated rings. The molecule has 1 saturated heterocycles. The zero-order chi connectivity index (χ0) is 19.3. The van der Waals surface area contributed by atoms with E-state index in [-0.39, 0.29) is 0 Å². The standard InChI is InChI=1S/C22H25N3O2S/c1-26-17-7-8-18(20(14-17)27-2)19-15-28-22(24-19)16-9-10-23-21(13-16)25-11-5-3-4-6-12-25/h7-10,13-15H,3-6,11-12H2,1-2H3. The Morgan fingerprint density at radius 3 is 2.54 bits per heavy atom. The highest BCUT2D eigenvalue weighted by Crippen LogP contribution is 2.36. The second-order valence-electron chi connectivity index (χ2n) is 6.91. The first-order valence-electron chi connectivity index (χ1n) is 9.68. The molecule has 4 rings (SSSR count). The number of methoxy groups -OCH3 is 2. The van der Waals surface area contributed by atoms with Crippen molar-refractivity contribution in [2.24, 2.45) is 0 Å². The molecule has 146 valence electrons. The zero-order valence-corrected chi connectivity index (χ0v) is 17.2. The Hall–Kier alpha value is -2.60. The summed E-state index contributed by atoms with van der Waals surface area (Å²) in [5.74, 6) is 2.58. The van der Waals surface area contributed by atoms with E-state index in [9.17, 15) is 0 Å². The molecule has 0 amide bonds. The predicted octanol–water partition coefficient (Wildman–Crippen LogP) is 5.27. The first-order chi connectivity index (χ1) is 13.8. The van der Waals surface area contributed by atoms with Gasteiger partial charge in [-0.2, -0.15) is 0 Å². The zero-order valence-electron chi connectivity index (χ0n) is 16.4. The third kappa shape index (κ3) is 3.97. The fourth-order valence-electron chi connectivity index (χ4n) is 3.56. The van der Waals surface area contributed by atoms with Crippen molar-refractivity contribution >= 4 is 17.2 Å². The van der Waals surface area contributed by atoms with Crippen LogP contribution in [0.15, 0.2) is 41.9 Å². The minimum atomic E-state index is 0.760. The second kappa shape index (κ2) is 8.61.